The molecule has 0 aliphatic heterocycles. The molecule has 0 aliphatic carbocycles. The Balaban J connectivity index is 2.87. The van der Waals surface area contributed by atoms with Crippen LogP contribution in [0.5, 0.6) is 5.75 Å². The van der Waals surface area contributed by atoms with Crippen molar-refractivity contribution in [2.45, 2.75) is 6.42 Å². The Labute approximate surface area is 75.1 Å². The maximum atomic E-state index is 8.34. The summed E-state index contributed by atoms with van der Waals surface area (Å²) >= 11 is 0. The van der Waals surface area contributed by atoms with Crippen LogP contribution in [0.25, 0.3) is 0 Å². The minimum Gasteiger partial charge on any atom is -0.493 e. The lowest BCUT2D eigenvalue weighted by Gasteiger charge is -2.04. The predicted octanol–water partition coefficient (Wildman–Crippen LogP) is -0.226. The topological polar surface area (TPSA) is 93.6 Å². The number of oxime groups is 1. The highest BCUT2D eigenvalue weighted by Crippen LogP contribution is 2.12. The molecule has 0 unspecified atom stereocenters. The van der Waals surface area contributed by atoms with Gasteiger partial charge < -0.3 is 15.7 Å². The summed E-state index contributed by atoms with van der Waals surface area (Å²) in [5.41, 5.74) is 5.90. The molecular weight excluding hydrogens is 172 g/mol. The number of nitrogens with two attached hydrogens (primary N) is 1. The van der Waals surface area contributed by atoms with E-state index in [2.05, 4.69) is 15.1 Å². The molecule has 0 saturated heterocycles. The summed E-state index contributed by atoms with van der Waals surface area (Å²) in [7, 11) is 1.51. The van der Waals surface area contributed by atoms with Gasteiger partial charge in [0.05, 0.1) is 25.4 Å². The highest BCUT2D eigenvalue weighted by Gasteiger charge is 2.05. The fourth-order valence-corrected chi connectivity index (χ4v) is 0.852. The summed E-state index contributed by atoms with van der Waals surface area (Å²) in [6.45, 7) is 0. The number of rotatable bonds is 3. The minimum absolute atomic E-state index is 0.0806. The van der Waals surface area contributed by atoms with E-state index in [0.29, 0.717) is 11.4 Å². The average molecular weight is 182 g/mol. The lowest BCUT2D eigenvalue weighted by Crippen LogP contribution is -2.16. The van der Waals surface area contributed by atoms with E-state index in [-0.39, 0.29) is 12.3 Å². The van der Waals surface area contributed by atoms with Crippen molar-refractivity contribution >= 4 is 5.84 Å². The summed E-state index contributed by atoms with van der Waals surface area (Å²) in [5, 5.41) is 11.2. The molecule has 3 N–H and O–H groups in total. The third kappa shape index (κ3) is 2.29. The van der Waals surface area contributed by atoms with Crippen molar-refractivity contribution in [2.75, 3.05) is 7.11 Å². The Morgan fingerprint density at radius 1 is 1.77 bits per heavy atom. The molecule has 0 saturated carbocycles. The normalized spacial score (nSPS) is 11.3. The van der Waals surface area contributed by atoms with E-state index in [4.69, 9.17) is 15.7 Å². The van der Waals surface area contributed by atoms with Crippen LogP contribution in [0.3, 0.4) is 0 Å². The van der Waals surface area contributed by atoms with Gasteiger partial charge in [0, 0.05) is 0 Å². The van der Waals surface area contributed by atoms with E-state index < -0.39 is 0 Å². The van der Waals surface area contributed by atoms with Gasteiger partial charge in [-0.05, 0) is 0 Å². The highest BCUT2D eigenvalue weighted by molar-refractivity contribution is 5.82. The number of ether oxygens (including phenoxy) is 1. The number of nitrogens with zero attached hydrogens (tertiary/aromatic N) is 3. The second-order valence-electron chi connectivity index (χ2n) is 2.31. The van der Waals surface area contributed by atoms with Gasteiger partial charge >= 0.3 is 0 Å². The van der Waals surface area contributed by atoms with E-state index in [1.165, 1.54) is 19.6 Å². The van der Waals surface area contributed by atoms with Crippen LogP contribution in [0.1, 0.15) is 5.69 Å². The van der Waals surface area contributed by atoms with Gasteiger partial charge in [0.25, 0.3) is 0 Å². The van der Waals surface area contributed by atoms with Crippen molar-refractivity contribution in [1.82, 2.24) is 9.97 Å². The van der Waals surface area contributed by atoms with Gasteiger partial charge in [-0.3, -0.25) is 0 Å². The summed E-state index contributed by atoms with van der Waals surface area (Å²) in [5.74, 6) is 0.603. The third-order valence-corrected chi connectivity index (χ3v) is 1.45. The maximum absolute atomic E-state index is 8.34. The summed E-state index contributed by atoms with van der Waals surface area (Å²) in [6.07, 6.45) is 3.14. The standard InChI is InChI=1S/C7H10N4O2/c1-13-6-3-9-4-10-5(6)2-7(8)11-12/h3-4,12H,2H2,1H3,(H2,8,11). The molecule has 0 amide bonds. The van der Waals surface area contributed by atoms with Crippen LogP contribution in [0.15, 0.2) is 17.7 Å². The summed E-state index contributed by atoms with van der Waals surface area (Å²) < 4.78 is 4.97. The fraction of sp³-hybridized carbons (Fsp3) is 0.286. The summed E-state index contributed by atoms with van der Waals surface area (Å²) in [6, 6.07) is 0. The highest BCUT2D eigenvalue weighted by atomic mass is 16.5. The molecule has 0 fully saturated rings. The van der Waals surface area contributed by atoms with Crippen LogP contribution in [0.2, 0.25) is 0 Å². The zero-order valence-corrected chi connectivity index (χ0v) is 7.14. The Hall–Kier alpha value is -1.85. The SMILES string of the molecule is COc1cncnc1C/C(N)=N/O. The first-order valence-electron chi connectivity index (χ1n) is 3.57. The Bertz CT molecular complexity index is 313. The molecule has 1 aromatic heterocycles. The molecule has 0 aromatic carbocycles. The Morgan fingerprint density at radius 2 is 2.54 bits per heavy atom. The first kappa shape index (κ1) is 9.24. The van der Waals surface area contributed by atoms with E-state index >= 15 is 0 Å². The largest absolute Gasteiger partial charge is 0.493 e. The van der Waals surface area contributed by atoms with Crippen molar-refractivity contribution in [1.29, 1.82) is 0 Å². The average Bonchev–Trinajstić information content (AvgIpc) is 2.18. The van der Waals surface area contributed by atoms with E-state index in [0.717, 1.165) is 0 Å². The lowest BCUT2D eigenvalue weighted by atomic mass is 10.2. The molecule has 0 aliphatic rings. The molecule has 0 radical (unpaired) electrons. The van der Waals surface area contributed by atoms with Crippen LogP contribution in [0.4, 0.5) is 0 Å². The second kappa shape index (κ2) is 4.24. The molecule has 1 aromatic rings. The van der Waals surface area contributed by atoms with E-state index in [1.54, 1.807) is 0 Å². The number of hydrogen-bond donors (Lipinski definition) is 2. The van der Waals surface area contributed by atoms with Gasteiger partial charge in [0.2, 0.25) is 0 Å². The third-order valence-electron chi connectivity index (χ3n) is 1.45. The van der Waals surface area contributed by atoms with Crippen LogP contribution in [-0.4, -0.2) is 28.1 Å². The zero-order valence-electron chi connectivity index (χ0n) is 7.14. The Kier molecular flexibility index (Phi) is 3.02. The van der Waals surface area contributed by atoms with E-state index in [1.807, 2.05) is 0 Å². The molecule has 0 spiro atoms. The summed E-state index contributed by atoms with van der Waals surface area (Å²) in [4.78, 5) is 7.70. The molecule has 0 atom stereocenters. The second-order valence-corrected chi connectivity index (χ2v) is 2.31. The first-order chi connectivity index (χ1) is 6.27. The molecule has 13 heavy (non-hydrogen) atoms. The molecule has 70 valence electrons. The monoisotopic (exact) mass is 182 g/mol. The van der Waals surface area contributed by atoms with Crippen LogP contribution >= 0.6 is 0 Å². The van der Waals surface area contributed by atoms with Gasteiger partial charge in [0.1, 0.15) is 12.2 Å². The smallest absolute Gasteiger partial charge is 0.159 e. The number of amidine groups is 1. The van der Waals surface area contributed by atoms with Gasteiger partial charge in [-0.25, -0.2) is 9.97 Å². The molecule has 1 rings (SSSR count). The van der Waals surface area contributed by atoms with Crippen molar-refractivity contribution in [3.05, 3.63) is 18.2 Å². The van der Waals surface area contributed by atoms with Crippen molar-refractivity contribution < 1.29 is 9.94 Å². The van der Waals surface area contributed by atoms with Crippen LogP contribution in [-0.2, 0) is 6.42 Å². The van der Waals surface area contributed by atoms with Crippen molar-refractivity contribution in [3.63, 3.8) is 0 Å². The van der Waals surface area contributed by atoms with Gasteiger partial charge in [-0.15, -0.1) is 0 Å². The predicted molar refractivity (Wildman–Crippen MR) is 45.7 cm³/mol. The van der Waals surface area contributed by atoms with Gasteiger partial charge in [0.15, 0.2) is 5.75 Å². The van der Waals surface area contributed by atoms with Crippen molar-refractivity contribution in [2.24, 2.45) is 10.9 Å². The minimum atomic E-state index is 0.0806. The van der Waals surface area contributed by atoms with Gasteiger partial charge in [-0.2, -0.15) is 0 Å². The zero-order chi connectivity index (χ0) is 9.68. The number of aromatic nitrogens is 2. The molecular formula is C7H10N4O2. The lowest BCUT2D eigenvalue weighted by molar-refractivity contribution is 0.317. The molecule has 1 heterocycles. The fourth-order valence-electron chi connectivity index (χ4n) is 0.852. The van der Waals surface area contributed by atoms with Gasteiger partial charge in [-0.1, -0.05) is 5.16 Å². The molecule has 6 heteroatoms. The molecule has 6 nitrogen and oxygen atoms in total. The Morgan fingerprint density at radius 3 is 3.15 bits per heavy atom. The van der Waals surface area contributed by atoms with E-state index in [9.17, 15) is 0 Å². The number of hydrogen-bond acceptors (Lipinski definition) is 5. The quantitative estimate of drug-likeness (QED) is 0.291. The maximum Gasteiger partial charge on any atom is 0.159 e. The first-order valence-corrected chi connectivity index (χ1v) is 3.57. The molecule has 0 bridgehead atoms. The van der Waals surface area contributed by atoms with Crippen LogP contribution < -0.4 is 10.5 Å². The number of methoxy groups -OCH3 is 1. The van der Waals surface area contributed by atoms with Crippen LogP contribution in [0, 0.1) is 0 Å². The van der Waals surface area contributed by atoms with Crippen molar-refractivity contribution in [3.8, 4) is 5.75 Å².